The Morgan fingerprint density at radius 2 is 1.92 bits per heavy atom. The molecule has 0 aliphatic heterocycles. The molecule has 2 rings (SSSR count). The molecule has 3 nitrogen and oxygen atoms in total. The van der Waals surface area contributed by atoms with Crippen LogP contribution in [-0.4, -0.2) is 23.7 Å². The fourth-order valence-corrected chi connectivity index (χ4v) is 3.58. The Kier molecular flexibility index (Phi) is 7.06. The van der Waals surface area contributed by atoms with Gasteiger partial charge in [0, 0.05) is 17.1 Å². The first kappa shape index (κ1) is 18.7. The van der Waals surface area contributed by atoms with Crippen LogP contribution in [0.4, 0.5) is 5.69 Å². The molecule has 0 radical (unpaired) electrons. The van der Waals surface area contributed by atoms with Crippen LogP contribution < -0.4 is 10.1 Å². The average Bonchev–Trinajstić information content (AvgIpc) is 3.09. The van der Waals surface area contributed by atoms with E-state index in [1.54, 1.807) is 18.4 Å². The van der Waals surface area contributed by atoms with Crippen molar-refractivity contribution in [2.45, 2.75) is 33.2 Å². The molecule has 0 bridgehead atoms. The number of hydrogen-bond acceptors (Lipinski definition) is 3. The lowest BCUT2D eigenvalue weighted by atomic mass is 10.1. The Labute approximate surface area is 154 Å². The van der Waals surface area contributed by atoms with E-state index in [1.165, 1.54) is 4.88 Å². The van der Waals surface area contributed by atoms with Gasteiger partial charge in [-0.05, 0) is 67.2 Å². The smallest absolute Gasteiger partial charge is 0.173 e. The molecule has 1 N–H and O–H groups in total. The first-order valence-corrected chi connectivity index (χ1v) is 9.55. The van der Waals surface area contributed by atoms with Gasteiger partial charge in [-0.2, -0.15) is 0 Å². The third-order valence-corrected chi connectivity index (χ3v) is 5.35. The Bertz CT molecular complexity index is 623. The van der Waals surface area contributed by atoms with Gasteiger partial charge in [-0.15, -0.1) is 11.3 Å². The third kappa shape index (κ3) is 5.21. The minimum absolute atomic E-state index is 0.266. The Morgan fingerprint density at radius 3 is 2.46 bits per heavy atom. The summed E-state index contributed by atoms with van der Waals surface area (Å²) >= 11 is 7.49. The topological polar surface area (TPSA) is 24.5 Å². The third-order valence-electron chi connectivity index (χ3n) is 3.97. The van der Waals surface area contributed by atoms with Crippen LogP contribution in [0.5, 0.6) is 5.75 Å². The number of rotatable bonds is 7. The molecule has 0 aliphatic rings. The summed E-state index contributed by atoms with van der Waals surface area (Å²) in [6.07, 6.45) is 1.11. The molecular formula is C19H26N2OS2. The molecule has 1 aromatic carbocycles. The van der Waals surface area contributed by atoms with Gasteiger partial charge in [-0.1, -0.05) is 19.9 Å². The van der Waals surface area contributed by atoms with Crippen molar-refractivity contribution in [3.63, 3.8) is 0 Å². The zero-order valence-electron chi connectivity index (χ0n) is 14.8. The van der Waals surface area contributed by atoms with E-state index in [-0.39, 0.29) is 6.04 Å². The second kappa shape index (κ2) is 9.04. The second-order valence-electron chi connectivity index (χ2n) is 6.23. The summed E-state index contributed by atoms with van der Waals surface area (Å²) in [5.41, 5.74) is 0.980. The van der Waals surface area contributed by atoms with Crippen molar-refractivity contribution < 1.29 is 4.74 Å². The van der Waals surface area contributed by atoms with E-state index in [1.807, 2.05) is 24.3 Å². The SMILES string of the molecule is COc1ccc(NC(=S)N(CCC(C)C)[C@H](C)c2cccs2)cc1. The first-order valence-electron chi connectivity index (χ1n) is 8.26. The molecule has 1 aromatic heterocycles. The lowest BCUT2D eigenvalue weighted by Crippen LogP contribution is -2.37. The van der Waals surface area contributed by atoms with Gasteiger partial charge < -0.3 is 15.0 Å². The van der Waals surface area contributed by atoms with E-state index < -0.39 is 0 Å². The number of benzene rings is 1. The summed E-state index contributed by atoms with van der Waals surface area (Å²) in [6, 6.07) is 12.4. The lowest BCUT2D eigenvalue weighted by molar-refractivity contribution is 0.322. The minimum Gasteiger partial charge on any atom is -0.497 e. The summed E-state index contributed by atoms with van der Waals surface area (Å²) in [7, 11) is 1.67. The van der Waals surface area contributed by atoms with Crippen LogP contribution in [0.3, 0.4) is 0 Å². The maximum atomic E-state index is 5.71. The molecule has 0 unspecified atom stereocenters. The monoisotopic (exact) mass is 362 g/mol. The van der Waals surface area contributed by atoms with Crippen LogP contribution in [0.25, 0.3) is 0 Å². The summed E-state index contributed by atoms with van der Waals surface area (Å²) in [5, 5.41) is 6.25. The highest BCUT2D eigenvalue weighted by Gasteiger charge is 2.20. The van der Waals surface area contributed by atoms with Crippen molar-refractivity contribution in [2.75, 3.05) is 19.0 Å². The fraction of sp³-hybridized carbons (Fsp3) is 0.421. The molecule has 0 spiro atoms. The van der Waals surface area contributed by atoms with E-state index in [9.17, 15) is 0 Å². The largest absolute Gasteiger partial charge is 0.497 e. The van der Waals surface area contributed by atoms with Crippen molar-refractivity contribution in [3.8, 4) is 5.75 Å². The Balaban J connectivity index is 2.10. The molecule has 24 heavy (non-hydrogen) atoms. The van der Waals surface area contributed by atoms with Crippen LogP contribution in [0, 0.1) is 5.92 Å². The molecule has 0 fully saturated rings. The van der Waals surface area contributed by atoms with Crippen LogP contribution in [0.2, 0.25) is 0 Å². The maximum absolute atomic E-state index is 5.71. The minimum atomic E-state index is 0.266. The number of methoxy groups -OCH3 is 1. The van der Waals surface area contributed by atoms with Gasteiger partial charge in [0.25, 0.3) is 0 Å². The van der Waals surface area contributed by atoms with E-state index in [4.69, 9.17) is 17.0 Å². The van der Waals surface area contributed by atoms with Crippen LogP contribution in [0.15, 0.2) is 41.8 Å². The van der Waals surface area contributed by atoms with Crippen LogP contribution in [0.1, 0.15) is 38.1 Å². The number of thiophene rings is 1. The zero-order chi connectivity index (χ0) is 17.5. The molecule has 0 saturated heterocycles. The molecule has 0 aliphatic carbocycles. The van der Waals surface area contributed by atoms with Crippen molar-refractivity contribution >= 4 is 34.4 Å². The van der Waals surface area contributed by atoms with Gasteiger partial charge in [0.1, 0.15) is 5.75 Å². The number of thiocarbonyl (C=S) groups is 1. The molecular weight excluding hydrogens is 336 g/mol. The molecule has 5 heteroatoms. The maximum Gasteiger partial charge on any atom is 0.173 e. The summed E-state index contributed by atoms with van der Waals surface area (Å²) in [6.45, 7) is 7.65. The number of hydrogen-bond donors (Lipinski definition) is 1. The van der Waals surface area contributed by atoms with E-state index in [2.05, 4.69) is 48.5 Å². The fourth-order valence-electron chi connectivity index (χ4n) is 2.42. The molecule has 2 aromatic rings. The predicted molar refractivity (Wildman–Crippen MR) is 108 cm³/mol. The molecule has 0 amide bonds. The van der Waals surface area contributed by atoms with E-state index in [0.717, 1.165) is 29.5 Å². The highest BCUT2D eigenvalue weighted by molar-refractivity contribution is 7.80. The highest BCUT2D eigenvalue weighted by atomic mass is 32.1. The number of anilines is 1. The van der Waals surface area contributed by atoms with Gasteiger partial charge in [0.15, 0.2) is 5.11 Å². The Morgan fingerprint density at radius 1 is 1.21 bits per heavy atom. The second-order valence-corrected chi connectivity index (χ2v) is 7.59. The van der Waals surface area contributed by atoms with Crippen molar-refractivity contribution in [1.82, 2.24) is 4.90 Å². The van der Waals surface area contributed by atoms with Gasteiger partial charge in [-0.25, -0.2) is 0 Å². The van der Waals surface area contributed by atoms with Crippen molar-refractivity contribution in [3.05, 3.63) is 46.7 Å². The summed E-state index contributed by atoms with van der Waals surface area (Å²) in [5.74, 6) is 1.49. The first-order chi connectivity index (χ1) is 11.5. The predicted octanol–water partition coefficient (Wildman–Crippen LogP) is 5.56. The average molecular weight is 363 g/mol. The van der Waals surface area contributed by atoms with Crippen molar-refractivity contribution in [1.29, 1.82) is 0 Å². The molecule has 0 saturated carbocycles. The molecule has 1 atom stereocenters. The lowest BCUT2D eigenvalue weighted by Gasteiger charge is -2.32. The van der Waals surface area contributed by atoms with Crippen molar-refractivity contribution in [2.24, 2.45) is 5.92 Å². The van der Waals surface area contributed by atoms with Gasteiger partial charge >= 0.3 is 0 Å². The zero-order valence-corrected chi connectivity index (χ0v) is 16.4. The van der Waals surface area contributed by atoms with Gasteiger partial charge in [-0.3, -0.25) is 0 Å². The number of nitrogens with zero attached hydrogens (tertiary/aromatic N) is 1. The Hall–Kier alpha value is -1.59. The molecule has 130 valence electrons. The van der Waals surface area contributed by atoms with E-state index >= 15 is 0 Å². The summed E-state index contributed by atoms with van der Waals surface area (Å²) < 4.78 is 5.20. The number of nitrogens with one attached hydrogen (secondary N) is 1. The number of ether oxygens (including phenoxy) is 1. The van der Waals surface area contributed by atoms with Crippen LogP contribution in [-0.2, 0) is 0 Å². The van der Waals surface area contributed by atoms with E-state index in [0.29, 0.717) is 5.92 Å². The van der Waals surface area contributed by atoms with Gasteiger partial charge in [0.05, 0.1) is 13.2 Å². The quantitative estimate of drug-likeness (QED) is 0.651. The molecule has 1 heterocycles. The highest BCUT2D eigenvalue weighted by Crippen LogP contribution is 2.26. The normalized spacial score (nSPS) is 12.0. The van der Waals surface area contributed by atoms with Gasteiger partial charge in [0.2, 0.25) is 0 Å². The standard InChI is InChI=1S/C19H26N2OS2/c1-14(2)11-12-21(15(3)18-6-5-13-24-18)19(23)20-16-7-9-17(22-4)10-8-16/h5-10,13-15H,11-12H2,1-4H3,(H,20,23)/t15-/m1/s1. The van der Waals surface area contributed by atoms with Crippen LogP contribution >= 0.6 is 23.6 Å². The summed E-state index contributed by atoms with van der Waals surface area (Å²) in [4.78, 5) is 3.61.